The Morgan fingerprint density at radius 2 is 2.31 bits per heavy atom. The molecule has 1 aliphatic rings. The fraction of sp³-hybridized carbons (Fsp3) is 0.667. The van der Waals surface area contributed by atoms with Gasteiger partial charge in [0, 0.05) is 19.2 Å². The van der Waals surface area contributed by atoms with Gasteiger partial charge in [0.05, 0.1) is 0 Å². The molecule has 88 valence electrons. The molecule has 2 heterocycles. The van der Waals surface area contributed by atoms with Crippen molar-refractivity contribution < 1.29 is 0 Å². The van der Waals surface area contributed by atoms with Crippen molar-refractivity contribution in [3.05, 3.63) is 17.0 Å². The first-order valence-corrected chi connectivity index (χ1v) is 6.33. The maximum atomic E-state index is 5.95. The van der Waals surface area contributed by atoms with Gasteiger partial charge in [-0.1, -0.05) is 24.9 Å². The molecule has 4 heteroatoms. The number of aryl methyl sites for hydroxylation is 1. The molecule has 1 aromatic heterocycles. The summed E-state index contributed by atoms with van der Waals surface area (Å²) in [4.78, 5) is 10.8. The second-order valence-electron chi connectivity index (χ2n) is 4.49. The van der Waals surface area contributed by atoms with Crippen molar-refractivity contribution in [1.82, 2.24) is 9.97 Å². The molecule has 0 aromatic carbocycles. The molecule has 1 atom stereocenters. The average molecular weight is 240 g/mol. The summed E-state index contributed by atoms with van der Waals surface area (Å²) in [6, 6.07) is 1.86. The fourth-order valence-corrected chi connectivity index (χ4v) is 2.58. The third kappa shape index (κ3) is 2.64. The number of halogens is 1. The molecule has 0 N–H and O–H groups in total. The summed E-state index contributed by atoms with van der Waals surface area (Å²) in [5.41, 5.74) is 0. The topological polar surface area (TPSA) is 29.0 Å². The molecular formula is C12H18ClN3. The average Bonchev–Trinajstić information content (AvgIpc) is 2.65. The number of rotatable bonds is 3. The van der Waals surface area contributed by atoms with Crippen LogP contribution in [0.15, 0.2) is 6.07 Å². The maximum absolute atomic E-state index is 5.95. The van der Waals surface area contributed by atoms with E-state index in [0.29, 0.717) is 5.15 Å². The predicted molar refractivity (Wildman–Crippen MR) is 67.0 cm³/mol. The van der Waals surface area contributed by atoms with Gasteiger partial charge < -0.3 is 4.90 Å². The van der Waals surface area contributed by atoms with Crippen molar-refractivity contribution in [3.8, 4) is 0 Å². The van der Waals surface area contributed by atoms with Crippen LogP contribution in [0.25, 0.3) is 0 Å². The molecule has 1 fully saturated rings. The Morgan fingerprint density at radius 3 is 3.00 bits per heavy atom. The molecule has 0 saturated carbocycles. The van der Waals surface area contributed by atoms with Crippen LogP contribution in [0.5, 0.6) is 0 Å². The summed E-state index contributed by atoms with van der Waals surface area (Å²) in [6.45, 7) is 6.33. The largest absolute Gasteiger partial charge is 0.356 e. The normalized spacial score (nSPS) is 20.4. The van der Waals surface area contributed by atoms with Gasteiger partial charge in [-0.15, -0.1) is 0 Å². The van der Waals surface area contributed by atoms with Gasteiger partial charge in [-0.2, -0.15) is 0 Å². The third-order valence-electron chi connectivity index (χ3n) is 3.10. The lowest BCUT2D eigenvalue weighted by molar-refractivity contribution is 0.529. The first kappa shape index (κ1) is 11.6. The lowest BCUT2D eigenvalue weighted by Gasteiger charge is -2.17. The van der Waals surface area contributed by atoms with Gasteiger partial charge in [-0.3, -0.25) is 0 Å². The SMILES string of the molecule is CCCC1CCN(c2cc(Cl)nc(C)n2)C1. The minimum absolute atomic E-state index is 0.543. The zero-order valence-corrected chi connectivity index (χ0v) is 10.7. The van der Waals surface area contributed by atoms with Crippen molar-refractivity contribution in [2.75, 3.05) is 18.0 Å². The Labute approximate surface area is 102 Å². The lowest BCUT2D eigenvalue weighted by atomic mass is 10.0. The van der Waals surface area contributed by atoms with Crippen molar-refractivity contribution in [2.24, 2.45) is 5.92 Å². The minimum Gasteiger partial charge on any atom is -0.356 e. The second kappa shape index (κ2) is 5.00. The molecular weight excluding hydrogens is 222 g/mol. The highest BCUT2D eigenvalue weighted by molar-refractivity contribution is 6.29. The van der Waals surface area contributed by atoms with Crippen LogP contribution in [0, 0.1) is 12.8 Å². The van der Waals surface area contributed by atoms with E-state index in [-0.39, 0.29) is 0 Å². The summed E-state index contributed by atoms with van der Waals surface area (Å²) >= 11 is 5.95. The number of hydrogen-bond donors (Lipinski definition) is 0. The van der Waals surface area contributed by atoms with Gasteiger partial charge >= 0.3 is 0 Å². The van der Waals surface area contributed by atoms with Gasteiger partial charge in [0.1, 0.15) is 16.8 Å². The molecule has 1 aromatic rings. The van der Waals surface area contributed by atoms with Crippen LogP contribution in [-0.4, -0.2) is 23.1 Å². The highest BCUT2D eigenvalue weighted by Gasteiger charge is 2.23. The van der Waals surface area contributed by atoms with Crippen LogP contribution in [-0.2, 0) is 0 Å². The Morgan fingerprint density at radius 1 is 1.50 bits per heavy atom. The molecule has 0 radical (unpaired) electrons. The predicted octanol–water partition coefficient (Wildman–Crippen LogP) is 3.06. The third-order valence-corrected chi connectivity index (χ3v) is 3.29. The maximum Gasteiger partial charge on any atom is 0.134 e. The second-order valence-corrected chi connectivity index (χ2v) is 4.87. The standard InChI is InChI=1S/C12H18ClN3/c1-3-4-10-5-6-16(8-10)12-7-11(13)14-9(2)15-12/h7,10H,3-6,8H2,1-2H3. The van der Waals surface area contributed by atoms with Crippen molar-refractivity contribution >= 4 is 17.4 Å². The van der Waals surface area contributed by atoms with Gasteiger partial charge in [0.2, 0.25) is 0 Å². The van der Waals surface area contributed by atoms with E-state index in [1.165, 1.54) is 19.3 Å². The van der Waals surface area contributed by atoms with Gasteiger partial charge in [0.15, 0.2) is 0 Å². The summed E-state index contributed by atoms with van der Waals surface area (Å²) in [5.74, 6) is 2.55. The number of anilines is 1. The highest BCUT2D eigenvalue weighted by Crippen LogP contribution is 2.26. The Balaban J connectivity index is 2.08. The van der Waals surface area contributed by atoms with E-state index in [9.17, 15) is 0 Å². The quantitative estimate of drug-likeness (QED) is 0.760. The smallest absolute Gasteiger partial charge is 0.134 e. The zero-order valence-electron chi connectivity index (χ0n) is 9.91. The summed E-state index contributed by atoms with van der Waals surface area (Å²) in [7, 11) is 0. The minimum atomic E-state index is 0.543. The fourth-order valence-electron chi connectivity index (χ4n) is 2.36. The first-order valence-electron chi connectivity index (χ1n) is 5.95. The Kier molecular flexibility index (Phi) is 3.64. The van der Waals surface area contributed by atoms with Crippen LogP contribution in [0.4, 0.5) is 5.82 Å². The van der Waals surface area contributed by atoms with Crippen LogP contribution in [0.2, 0.25) is 5.15 Å². The molecule has 0 bridgehead atoms. The molecule has 2 rings (SSSR count). The molecule has 1 unspecified atom stereocenters. The van der Waals surface area contributed by atoms with E-state index in [0.717, 1.165) is 30.6 Å². The van der Waals surface area contributed by atoms with E-state index in [1.807, 2.05) is 13.0 Å². The summed E-state index contributed by atoms with van der Waals surface area (Å²) < 4.78 is 0. The molecule has 0 spiro atoms. The highest BCUT2D eigenvalue weighted by atomic mass is 35.5. The van der Waals surface area contributed by atoms with Gasteiger partial charge in [-0.25, -0.2) is 9.97 Å². The monoisotopic (exact) mass is 239 g/mol. The van der Waals surface area contributed by atoms with Crippen LogP contribution in [0.1, 0.15) is 32.0 Å². The molecule has 1 aliphatic heterocycles. The van der Waals surface area contributed by atoms with E-state index >= 15 is 0 Å². The van der Waals surface area contributed by atoms with Gasteiger partial charge in [-0.05, 0) is 25.7 Å². The molecule has 0 amide bonds. The van der Waals surface area contributed by atoms with Crippen molar-refractivity contribution in [1.29, 1.82) is 0 Å². The zero-order chi connectivity index (χ0) is 11.5. The molecule has 16 heavy (non-hydrogen) atoms. The molecule has 0 aliphatic carbocycles. The van der Waals surface area contributed by atoms with Crippen LogP contribution >= 0.6 is 11.6 Å². The van der Waals surface area contributed by atoms with E-state index in [4.69, 9.17) is 11.6 Å². The van der Waals surface area contributed by atoms with E-state index in [2.05, 4.69) is 21.8 Å². The van der Waals surface area contributed by atoms with Gasteiger partial charge in [0.25, 0.3) is 0 Å². The Bertz CT molecular complexity index is 347. The number of hydrogen-bond acceptors (Lipinski definition) is 3. The van der Waals surface area contributed by atoms with Crippen molar-refractivity contribution in [3.63, 3.8) is 0 Å². The molecule has 3 nitrogen and oxygen atoms in total. The summed E-state index contributed by atoms with van der Waals surface area (Å²) in [6.07, 6.45) is 3.85. The molecule has 1 saturated heterocycles. The number of aromatic nitrogens is 2. The van der Waals surface area contributed by atoms with Crippen LogP contribution < -0.4 is 4.90 Å². The summed E-state index contributed by atoms with van der Waals surface area (Å²) in [5, 5.41) is 0.543. The van der Waals surface area contributed by atoms with E-state index < -0.39 is 0 Å². The lowest BCUT2D eigenvalue weighted by Crippen LogP contribution is -2.21. The van der Waals surface area contributed by atoms with Crippen LogP contribution in [0.3, 0.4) is 0 Å². The van der Waals surface area contributed by atoms with Crippen molar-refractivity contribution in [2.45, 2.75) is 33.1 Å². The Hall–Kier alpha value is -0.830. The first-order chi connectivity index (χ1) is 7.69. The van der Waals surface area contributed by atoms with E-state index in [1.54, 1.807) is 0 Å². The number of nitrogens with zero attached hydrogens (tertiary/aromatic N) is 3.